The standard InChI is InChI=1S/C26H27NO/c1-16(2)24-15-22-20-10-12-28-26(20)21(19-7-5-17(3)6-8-19)14-23(22)25-13-18(4)9-11-27(24)25/h5-9,11,13-14,16,24H,4,10,12,15H2,1-3H3/t24-/m0/s1. The average molecular weight is 370 g/mol. The molecule has 0 aliphatic carbocycles. The molecule has 3 aliphatic heterocycles. The second-order valence-corrected chi connectivity index (χ2v) is 8.57. The van der Waals surface area contributed by atoms with Crippen LogP contribution >= 0.6 is 0 Å². The van der Waals surface area contributed by atoms with Crippen molar-refractivity contribution in [2.24, 2.45) is 5.92 Å². The van der Waals surface area contributed by atoms with E-state index in [1.807, 2.05) is 0 Å². The monoisotopic (exact) mass is 369 g/mol. The Balaban J connectivity index is 1.75. The molecule has 1 atom stereocenters. The highest BCUT2D eigenvalue weighted by molar-refractivity contribution is 5.84. The molecule has 0 radical (unpaired) electrons. The van der Waals surface area contributed by atoms with Gasteiger partial charge in [0.15, 0.2) is 0 Å². The maximum absolute atomic E-state index is 6.17. The van der Waals surface area contributed by atoms with Gasteiger partial charge >= 0.3 is 0 Å². The zero-order valence-electron chi connectivity index (χ0n) is 17.0. The van der Waals surface area contributed by atoms with E-state index in [1.54, 1.807) is 0 Å². The van der Waals surface area contributed by atoms with E-state index in [2.05, 4.69) is 80.9 Å². The second kappa shape index (κ2) is 6.41. The summed E-state index contributed by atoms with van der Waals surface area (Å²) in [5.74, 6) is 1.67. The first-order chi connectivity index (χ1) is 13.5. The zero-order chi connectivity index (χ0) is 19.4. The summed E-state index contributed by atoms with van der Waals surface area (Å²) in [5, 5.41) is 0. The molecule has 3 aliphatic rings. The van der Waals surface area contributed by atoms with Gasteiger partial charge in [-0.1, -0.05) is 50.3 Å². The molecule has 142 valence electrons. The quantitative estimate of drug-likeness (QED) is 0.653. The summed E-state index contributed by atoms with van der Waals surface area (Å²) in [5.41, 5.74) is 10.3. The van der Waals surface area contributed by atoms with Gasteiger partial charge < -0.3 is 9.64 Å². The van der Waals surface area contributed by atoms with E-state index in [0.717, 1.165) is 30.8 Å². The molecule has 3 heterocycles. The van der Waals surface area contributed by atoms with E-state index in [4.69, 9.17) is 4.74 Å². The van der Waals surface area contributed by atoms with Crippen LogP contribution in [0.15, 0.2) is 60.8 Å². The molecule has 0 bridgehead atoms. The van der Waals surface area contributed by atoms with Crippen LogP contribution in [0.4, 0.5) is 0 Å². The molecule has 0 amide bonds. The van der Waals surface area contributed by atoms with E-state index in [-0.39, 0.29) is 0 Å². The van der Waals surface area contributed by atoms with E-state index in [9.17, 15) is 0 Å². The predicted molar refractivity (Wildman–Crippen MR) is 116 cm³/mol. The Morgan fingerprint density at radius 1 is 1.11 bits per heavy atom. The normalized spacial score (nSPS) is 19.9. The summed E-state index contributed by atoms with van der Waals surface area (Å²) in [6.07, 6.45) is 8.67. The molecule has 0 saturated heterocycles. The topological polar surface area (TPSA) is 12.5 Å². The molecule has 2 nitrogen and oxygen atoms in total. The largest absolute Gasteiger partial charge is 0.492 e. The van der Waals surface area contributed by atoms with Crippen molar-refractivity contribution in [1.29, 1.82) is 0 Å². The van der Waals surface area contributed by atoms with Crippen molar-refractivity contribution in [3.05, 3.63) is 83.1 Å². The molecule has 2 aromatic carbocycles. The summed E-state index contributed by atoms with van der Waals surface area (Å²) in [6.45, 7) is 11.8. The van der Waals surface area contributed by atoms with Crippen LogP contribution < -0.4 is 4.74 Å². The van der Waals surface area contributed by atoms with Crippen molar-refractivity contribution in [3.63, 3.8) is 0 Å². The number of hydrogen-bond acceptors (Lipinski definition) is 2. The number of aryl methyl sites for hydroxylation is 1. The van der Waals surface area contributed by atoms with Gasteiger partial charge in [0.1, 0.15) is 5.75 Å². The Bertz CT molecular complexity index is 1020. The van der Waals surface area contributed by atoms with Crippen molar-refractivity contribution in [1.82, 2.24) is 4.90 Å². The first-order valence-electron chi connectivity index (χ1n) is 10.3. The highest BCUT2D eigenvalue weighted by Crippen LogP contribution is 2.47. The van der Waals surface area contributed by atoms with Crippen LogP contribution in [-0.2, 0) is 12.8 Å². The molecule has 0 N–H and O–H groups in total. The molecule has 28 heavy (non-hydrogen) atoms. The molecule has 2 heteroatoms. The maximum Gasteiger partial charge on any atom is 0.130 e. The van der Waals surface area contributed by atoms with E-state index in [1.165, 1.54) is 39.1 Å². The lowest BCUT2D eigenvalue weighted by Crippen LogP contribution is -2.40. The van der Waals surface area contributed by atoms with Gasteiger partial charge in [0, 0.05) is 41.1 Å². The van der Waals surface area contributed by atoms with Gasteiger partial charge in [-0.05, 0) is 54.2 Å². The van der Waals surface area contributed by atoms with Crippen molar-refractivity contribution >= 4 is 5.70 Å². The third-order valence-corrected chi connectivity index (χ3v) is 6.32. The van der Waals surface area contributed by atoms with Crippen LogP contribution in [0.1, 0.15) is 36.1 Å². The Morgan fingerprint density at radius 3 is 2.64 bits per heavy atom. The van der Waals surface area contributed by atoms with Crippen LogP contribution in [0.3, 0.4) is 0 Å². The fourth-order valence-corrected chi connectivity index (χ4v) is 4.78. The predicted octanol–water partition coefficient (Wildman–Crippen LogP) is 5.90. The Hall–Kier alpha value is -2.74. The minimum absolute atomic E-state index is 0.470. The van der Waals surface area contributed by atoms with Crippen LogP contribution in [0.2, 0.25) is 0 Å². The summed E-state index contributed by atoms with van der Waals surface area (Å²) >= 11 is 0. The molecule has 5 rings (SSSR count). The van der Waals surface area contributed by atoms with E-state index < -0.39 is 0 Å². The Morgan fingerprint density at radius 2 is 1.89 bits per heavy atom. The smallest absolute Gasteiger partial charge is 0.130 e. The van der Waals surface area contributed by atoms with E-state index >= 15 is 0 Å². The third-order valence-electron chi connectivity index (χ3n) is 6.32. The lowest BCUT2D eigenvalue weighted by atomic mass is 9.80. The number of allylic oxidation sites excluding steroid dienone is 3. The Labute approximate surface area is 167 Å². The fraction of sp³-hybridized carbons (Fsp3) is 0.308. The van der Waals surface area contributed by atoms with Gasteiger partial charge in [0.05, 0.1) is 6.61 Å². The lowest BCUT2D eigenvalue weighted by molar-refractivity contribution is 0.285. The molecular weight excluding hydrogens is 342 g/mol. The molecule has 0 spiro atoms. The van der Waals surface area contributed by atoms with Gasteiger partial charge in [-0.25, -0.2) is 0 Å². The first kappa shape index (κ1) is 17.4. The number of rotatable bonds is 2. The molecular formula is C26H27NO. The molecule has 0 unspecified atom stereocenters. The van der Waals surface area contributed by atoms with Gasteiger partial charge in [0.2, 0.25) is 0 Å². The third kappa shape index (κ3) is 2.63. The summed E-state index contributed by atoms with van der Waals surface area (Å²) in [7, 11) is 0. The fourth-order valence-electron chi connectivity index (χ4n) is 4.78. The zero-order valence-corrected chi connectivity index (χ0v) is 17.0. The number of hydrogen-bond donors (Lipinski definition) is 0. The minimum Gasteiger partial charge on any atom is -0.492 e. The molecule has 0 aromatic heterocycles. The van der Waals surface area contributed by atoms with Crippen LogP contribution in [0.5, 0.6) is 5.75 Å². The lowest BCUT2D eigenvalue weighted by Gasteiger charge is -2.42. The van der Waals surface area contributed by atoms with Crippen molar-refractivity contribution in [2.75, 3.05) is 6.61 Å². The van der Waals surface area contributed by atoms with Crippen molar-refractivity contribution in [2.45, 2.75) is 39.7 Å². The molecule has 0 saturated carbocycles. The van der Waals surface area contributed by atoms with Crippen LogP contribution in [0, 0.1) is 12.8 Å². The van der Waals surface area contributed by atoms with Gasteiger partial charge in [0.25, 0.3) is 0 Å². The van der Waals surface area contributed by atoms with Crippen molar-refractivity contribution in [3.8, 4) is 16.9 Å². The first-order valence-corrected chi connectivity index (χ1v) is 10.3. The Kier molecular flexibility index (Phi) is 3.97. The van der Waals surface area contributed by atoms with Crippen molar-refractivity contribution < 1.29 is 4.74 Å². The summed E-state index contributed by atoms with van der Waals surface area (Å²) in [4.78, 5) is 2.46. The van der Waals surface area contributed by atoms with Gasteiger partial charge in [-0.3, -0.25) is 0 Å². The SMILES string of the molecule is C=C1C=CN2C(=C1)c1cc(-c3ccc(C)cc3)c3c(c1C[C@H]2C(C)C)CCO3. The minimum atomic E-state index is 0.470. The van der Waals surface area contributed by atoms with Gasteiger partial charge in [-0.2, -0.15) is 0 Å². The number of ether oxygens (including phenoxy) is 1. The number of nitrogens with zero attached hydrogens (tertiary/aromatic N) is 1. The molecule has 2 aromatic rings. The number of benzene rings is 2. The van der Waals surface area contributed by atoms with E-state index in [0.29, 0.717) is 12.0 Å². The summed E-state index contributed by atoms with van der Waals surface area (Å²) in [6, 6.07) is 11.6. The van der Waals surface area contributed by atoms with Crippen LogP contribution in [-0.4, -0.2) is 17.5 Å². The van der Waals surface area contributed by atoms with Crippen LogP contribution in [0.25, 0.3) is 16.8 Å². The summed E-state index contributed by atoms with van der Waals surface area (Å²) < 4.78 is 6.17. The highest BCUT2D eigenvalue weighted by Gasteiger charge is 2.35. The second-order valence-electron chi connectivity index (χ2n) is 8.57. The average Bonchev–Trinajstić information content (AvgIpc) is 3.17. The van der Waals surface area contributed by atoms with Gasteiger partial charge in [-0.15, -0.1) is 0 Å². The maximum atomic E-state index is 6.17. The molecule has 0 fully saturated rings. The highest BCUT2D eigenvalue weighted by atomic mass is 16.5. The number of fused-ring (bicyclic) bond motifs is 5.